The van der Waals surface area contributed by atoms with Crippen LogP contribution in [-0.4, -0.2) is 37.2 Å². The van der Waals surface area contributed by atoms with Gasteiger partial charge in [0.1, 0.15) is 11.6 Å². The average Bonchev–Trinajstić information content (AvgIpc) is 2.35. The number of nitrogens with one attached hydrogen (secondary N) is 1. The Labute approximate surface area is 133 Å². The molecule has 0 unspecified atom stereocenters. The molecule has 0 saturated carbocycles. The summed E-state index contributed by atoms with van der Waals surface area (Å²) >= 11 is 0. The summed E-state index contributed by atoms with van der Waals surface area (Å²) < 4.78 is 39.2. The average molecular weight is 347 g/mol. The van der Waals surface area contributed by atoms with Crippen molar-refractivity contribution < 1.29 is 31.7 Å². The highest BCUT2D eigenvalue weighted by Crippen LogP contribution is 2.14. The highest BCUT2D eigenvalue weighted by Gasteiger charge is 2.24. The van der Waals surface area contributed by atoms with Gasteiger partial charge in [0, 0.05) is 6.42 Å². The highest BCUT2D eigenvalue weighted by atomic mass is 32.3. The Morgan fingerprint density at radius 2 is 1.78 bits per heavy atom. The quantitative estimate of drug-likeness (QED) is 0.787. The first-order valence-electron chi connectivity index (χ1n) is 6.64. The molecule has 0 bridgehead atoms. The molecule has 0 aliphatic carbocycles. The first-order chi connectivity index (χ1) is 10.4. The van der Waals surface area contributed by atoms with Crippen LogP contribution >= 0.6 is 0 Å². The first kappa shape index (κ1) is 18.9. The lowest BCUT2D eigenvalue weighted by Crippen LogP contribution is -2.44. The number of halogens is 1. The summed E-state index contributed by atoms with van der Waals surface area (Å²) in [5, 5.41) is 11.4. The number of aliphatic carboxylic acids is 1. The molecule has 2 N–H and O–H groups in total. The molecule has 0 aliphatic rings. The van der Waals surface area contributed by atoms with Crippen molar-refractivity contribution >= 4 is 22.3 Å². The highest BCUT2D eigenvalue weighted by molar-refractivity contribution is 7.86. The lowest BCUT2D eigenvalue weighted by atomic mass is 10.1. The van der Waals surface area contributed by atoms with Crippen molar-refractivity contribution in [3.05, 3.63) is 29.8 Å². The van der Waals surface area contributed by atoms with Crippen molar-refractivity contribution in [3.8, 4) is 0 Å². The van der Waals surface area contributed by atoms with Gasteiger partial charge in [-0.05, 0) is 38.5 Å². The maximum Gasteiger partial charge on any atom is 0.408 e. The van der Waals surface area contributed by atoms with E-state index in [1.54, 1.807) is 20.8 Å². The van der Waals surface area contributed by atoms with Crippen molar-refractivity contribution in [2.45, 2.75) is 43.7 Å². The standard InChI is InChI=1S/C14H18FNO6S/c1-14(2,3)22-13(19)16-11(12(17)18)8-9-4-6-10(7-5-9)23(15,20)21/h4-7,11H,8H2,1-3H3,(H,16,19)(H,17,18)/t11-/m0/s1. The van der Waals surface area contributed by atoms with Gasteiger partial charge in [-0.3, -0.25) is 0 Å². The van der Waals surface area contributed by atoms with E-state index < -0.39 is 38.8 Å². The van der Waals surface area contributed by atoms with Crippen LogP contribution in [-0.2, 0) is 26.2 Å². The molecule has 1 atom stereocenters. The number of carbonyl (C=O) groups is 2. The Balaban J connectivity index is 2.81. The molecule has 0 aliphatic heterocycles. The number of amides is 1. The van der Waals surface area contributed by atoms with Crippen LogP contribution in [0, 0.1) is 0 Å². The molecule has 0 saturated heterocycles. The zero-order chi connectivity index (χ0) is 17.8. The van der Waals surface area contributed by atoms with Crippen LogP contribution < -0.4 is 5.32 Å². The van der Waals surface area contributed by atoms with E-state index >= 15 is 0 Å². The van der Waals surface area contributed by atoms with Crippen LogP contribution in [0.1, 0.15) is 26.3 Å². The Morgan fingerprint density at radius 3 is 2.17 bits per heavy atom. The van der Waals surface area contributed by atoms with Gasteiger partial charge in [-0.2, -0.15) is 8.42 Å². The van der Waals surface area contributed by atoms with E-state index in [1.165, 1.54) is 12.1 Å². The van der Waals surface area contributed by atoms with E-state index in [1.807, 2.05) is 0 Å². The van der Waals surface area contributed by atoms with Gasteiger partial charge in [0.15, 0.2) is 0 Å². The first-order valence-corrected chi connectivity index (χ1v) is 8.03. The molecule has 0 spiro atoms. The number of carboxylic acid groups (broad SMARTS) is 1. The lowest BCUT2D eigenvalue weighted by Gasteiger charge is -2.22. The predicted octanol–water partition coefficient (Wildman–Crippen LogP) is 1.87. The molecule has 23 heavy (non-hydrogen) atoms. The summed E-state index contributed by atoms with van der Waals surface area (Å²) in [6, 6.07) is 3.34. The SMILES string of the molecule is CC(C)(C)OC(=O)N[C@@H](Cc1ccc(S(=O)(=O)F)cc1)C(=O)O. The van der Waals surface area contributed by atoms with Crippen molar-refractivity contribution in [1.29, 1.82) is 0 Å². The van der Waals surface area contributed by atoms with Crippen LogP contribution in [0.3, 0.4) is 0 Å². The number of ether oxygens (including phenoxy) is 1. The van der Waals surface area contributed by atoms with Gasteiger partial charge in [0.05, 0.1) is 4.90 Å². The van der Waals surface area contributed by atoms with Crippen LogP contribution in [0.4, 0.5) is 8.68 Å². The molecule has 1 amide bonds. The second-order valence-corrected chi connectivity index (χ2v) is 7.17. The molecular weight excluding hydrogens is 329 g/mol. The molecule has 9 heteroatoms. The number of alkyl carbamates (subject to hydrolysis) is 1. The number of rotatable bonds is 5. The molecule has 1 aromatic rings. The Morgan fingerprint density at radius 1 is 1.26 bits per heavy atom. The van der Waals surface area contributed by atoms with Crippen LogP contribution in [0.15, 0.2) is 29.2 Å². The smallest absolute Gasteiger partial charge is 0.408 e. The maximum absolute atomic E-state index is 12.8. The Bertz CT molecular complexity index is 678. The fourth-order valence-corrected chi connectivity index (χ4v) is 2.13. The van der Waals surface area contributed by atoms with Crippen LogP contribution in [0.25, 0.3) is 0 Å². The van der Waals surface area contributed by atoms with Crippen LogP contribution in [0.5, 0.6) is 0 Å². The number of carboxylic acids is 1. The summed E-state index contributed by atoms with van der Waals surface area (Å²) in [6.07, 6.45) is -0.992. The molecule has 7 nitrogen and oxygen atoms in total. The molecule has 0 radical (unpaired) electrons. The van der Waals surface area contributed by atoms with Crippen molar-refractivity contribution in [1.82, 2.24) is 5.32 Å². The largest absolute Gasteiger partial charge is 0.480 e. The third-order valence-electron chi connectivity index (χ3n) is 2.63. The number of hydrogen-bond acceptors (Lipinski definition) is 5. The number of benzene rings is 1. The van der Waals surface area contributed by atoms with Crippen molar-refractivity contribution in [3.63, 3.8) is 0 Å². The lowest BCUT2D eigenvalue weighted by molar-refractivity contribution is -0.139. The van der Waals surface area contributed by atoms with Crippen LogP contribution in [0.2, 0.25) is 0 Å². The van der Waals surface area contributed by atoms with Gasteiger partial charge in [0.25, 0.3) is 0 Å². The molecule has 128 valence electrons. The molecule has 0 fully saturated rings. The van der Waals surface area contributed by atoms with E-state index in [9.17, 15) is 21.9 Å². The Kier molecular flexibility index (Phi) is 5.70. The molecule has 1 rings (SSSR count). The minimum atomic E-state index is -4.81. The van der Waals surface area contributed by atoms with Gasteiger partial charge < -0.3 is 15.2 Å². The molecule has 0 aromatic heterocycles. The third-order valence-corrected chi connectivity index (χ3v) is 3.47. The fraction of sp³-hybridized carbons (Fsp3) is 0.429. The van der Waals surface area contributed by atoms with Gasteiger partial charge in [-0.25, -0.2) is 9.59 Å². The van der Waals surface area contributed by atoms with Crippen molar-refractivity contribution in [2.75, 3.05) is 0 Å². The fourth-order valence-electron chi connectivity index (χ4n) is 1.67. The van der Waals surface area contributed by atoms with E-state index in [2.05, 4.69) is 5.32 Å². The van der Waals surface area contributed by atoms with E-state index in [0.717, 1.165) is 12.1 Å². The summed E-state index contributed by atoms with van der Waals surface area (Å²) in [5.74, 6) is -1.28. The predicted molar refractivity (Wildman–Crippen MR) is 79.2 cm³/mol. The minimum Gasteiger partial charge on any atom is -0.480 e. The second-order valence-electron chi connectivity index (χ2n) is 5.82. The summed E-state index contributed by atoms with van der Waals surface area (Å²) in [6.45, 7) is 4.91. The normalized spacial score (nSPS) is 13.2. The van der Waals surface area contributed by atoms with Gasteiger partial charge in [-0.1, -0.05) is 12.1 Å². The number of hydrogen-bond donors (Lipinski definition) is 2. The second kappa shape index (κ2) is 6.95. The maximum atomic E-state index is 12.8. The van der Waals surface area contributed by atoms with Gasteiger partial charge >= 0.3 is 22.3 Å². The van der Waals surface area contributed by atoms with Crippen molar-refractivity contribution in [2.24, 2.45) is 0 Å². The summed E-state index contributed by atoms with van der Waals surface area (Å²) in [7, 11) is -4.81. The van der Waals surface area contributed by atoms with Gasteiger partial charge in [0.2, 0.25) is 0 Å². The number of carbonyl (C=O) groups excluding carboxylic acids is 1. The summed E-state index contributed by atoms with van der Waals surface area (Å²) in [5.41, 5.74) is -0.356. The molecular formula is C14H18FNO6S. The summed E-state index contributed by atoms with van der Waals surface area (Å²) in [4.78, 5) is 22.3. The zero-order valence-electron chi connectivity index (χ0n) is 12.9. The zero-order valence-corrected chi connectivity index (χ0v) is 13.7. The molecule has 1 aromatic carbocycles. The third kappa shape index (κ3) is 6.64. The van der Waals surface area contributed by atoms with Gasteiger partial charge in [-0.15, -0.1) is 3.89 Å². The van der Waals surface area contributed by atoms with E-state index in [-0.39, 0.29) is 6.42 Å². The molecule has 0 heterocycles. The monoisotopic (exact) mass is 347 g/mol. The Hall–Kier alpha value is -2.16. The minimum absolute atomic E-state index is 0.110. The van der Waals surface area contributed by atoms with E-state index in [4.69, 9.17) is 9.84 Å². The topological polar surface area (TPSA) is 110 Å². The van der Waals surface area contributed by atoms with E-state index in [0.29, 0.717) is 5.56 Å².